The number of hydrogen-bond acceptors (Lipinski definition) is 3. The number of amides is 3. The second kappa shape index (κ2) is 5.50. The molecule has 84 valence electrons. The molecule has 0 bridgehead atoms. The van der Waals surface area contributed by atoms with Crippen LogP contribution >= 0.6 is 0 Å². The summed E-state index contributed by atoms with van der Waals surface area (Å²) in [6.07, 6.45) is 0. The Bertz CT molecular complexity index is 403. The fourth-order valence-corrected chi connectivity index (χ4v) is 0.957. The van der Waals surface area contributed by atoms with Crippen LogP contribution in [0.15, 0.2) is 30.3 Å². The highest BCUT2D eigenvalue weighted by atomic mass is 16.2. The minimum absolute atomic E-state index is 0.360. The monoisotopic (exact) mass is 221 g/mol. The Balaban J connectivity index is 2.46. The lowest BCUT2D eigenvalue weighted by Gasteiger charge is -2.04. The van der Waals surface area contributed by atoms with Crippen molar-refractivity contribution in [2.45, 2.75) is 0 Å². The average Bonchev–Trinajstić information content (AvgIpc) is 2.27. The van der Waals surface area contributed by atoms with Crippen molar-refractivity contribution >= 4 is 23.4 Å². The normalized spacial score (nSPS) is 9.25. The van der Waals surface area contributed by atoms with Crippen LogP contribution in [0.1, 0.15) is 0 Å². The smallest absolute Gasteiger partial charge is 0.313 e. The van der Waals surface area contributed by atoms with E-state index in [0.717, 1.165) is 0 Å². The highest BCUT2D eigenvalue weighted by Gasteiger charge is 2.13. The summed E-state index contributed by atoms with van der Waals surface area (Å²) >= 11 is 0. The highest BCUT2D eigenvalue weighted by molar-refractivity contribution is 6.39. The van der Waals surface area contributed by atoms with Gasteiger partial charge < -0.3 is 16.4 Å². The van der Waals surface area contributed by atoms with Crippen LogP contribution in [0, 0.1) is 0 Å². The van der Waals surface area contributed by atoms with Crippen LogP contribution in [0.2, 0.25) is 0 Å². The third-order valence-electron chi connectivity index (χ3n) is 1.66. The van der Waals surface area contributed by atoms with E-state index >= 15 is 0 Å². The third kappa shape index (κ3) is 3.79. The molecule has 1 rings (SSSR count). The predicted octanol–water partition coefficient (Wildman–Crippen LogP) is -0.773. The summed E-state index contributed by atoms with van der Waals surface area (Å²) < 4.78 is 0. The second-order valence-corrected chi connectivity index (χ2v) is 2.97. The first-order chi connectivity index (χ1) is 7.59. The van der Waals surface area contributed by atoms with Crippen LogP contribution in [0.4, 0.5) is 5.69 Å². The van der Waals surface area contributed by atoms with Gasteiger partial charge in [0.2, 0.25) is 5.91 Å². The summed E-state index contributed by atoms with van der Waals surface area (Å²) in [6.45, 7) is -0.360. The largest absolute Gasteiger partial charge is 0.368 e. The molecule has 0 aliphatic rings. The van der Waals surface area contributed by atoms with Gasteiger partial charge in [-0.3, -0.25) is 14.4 Å². The first-order valence-corrected chi connectivity index (χ1v) is 4.52. The Morgan fingerprint density at radius 3 is 2.25 bits per heavy atom. The number of nitrogens with one attached hydrogen (secondary N) is 2. The number of hydrogen-bond donors (Lipinski definition) is 3. The van der Waals surface area contributed by atoms with Gasteiger partial charge in [-0.25, -0.2) is 0 Å². The Kier molecular flexibility index (Phi) is 4.02. The van der Waals surface area contributed by atoms with E-state index in [-0.39, 0.29) is 6.54 Å². The molecule has 16 heavy (non-hydrogen) atoms. The molecule has 0 heterocycles. The Hall–Kier alpha value is -2.37. The van der Waals surface area contributed by atoms with Gasteiger partial charge in [-0.1, -0.05) is 18.2 Å². The zero-order chi connectivity index (χ0) is 12.0. The van der Waals surface area contributed by atoms with Crippen molar-refractivity contribution in [3.05, 3.63) is 30.3 Å². The van der Waals surface area contributed by atoms with E-state index < -0.39 is 17.7 Å². The lowest BCUT2D eigenvalue weighted by molar-refractivity contribution is -0.136. The van der Waals surface area contributed by atoms with E-state index in [1.165, 1.54) is 0 Å². The SMILES string of the molecule is NC(=O)CNC(=O)C(=O)Nc1ccccc1. The molecule has 0 aliphatic carbocycles. The van der Waals surface area contributed by atoms with Crippen LogP contribution in [0.25, 0.3) is 0 Å². The molecule has 6 nitrogen and oxygen atoms in total. The fraction of sp³-hybridized carbons (Fsp3) is 0.100. The standard InChI is InChI=1S/C10H11N3O3/c11-8(14)6-12-9(15)10(16)13-7-4-2-1-3-5-7/h1-5H,6H2,(H2,11,14)(H,12,15)(H,13,16). The molecule has 6 heteroatoms. The summed E-state index contributed by atoms with van der Waals surface area (Å²) in [6, 6.07) is 8.50. The van der Waals surface area contributed by atoms with Crippen molar-refractivity contribution in [3.8, 4) is 0 Å². The van der Waals surface area contributed by atoms with E-state index in [0.29, 0.717) is 5.69 Å². The number of para-hydroxylation sites is 1. The molecule has 0 aromatic heterocycles. The van der Waals surface area contributed by atoms with Gasteiger partial charge in [0.1, 0.15) is 0 Å². The molecule has 0 saturated heterocycles. The van der Waals surface area contributed by atoms with Crippen LogP contribution in [0.5, 0.6) is 0 Å². The van der Waals surface area contributed by atoms with Crippen molar-refractivity contribution in [3.63, 3.8) is 0 Å². The first kappa shape index (κ1) is 11.7. The maximum atomic E-state index is 11.2. The van der Waals surface area contributed by atoms with Crippen LogP contribution in [-0.4, -0.2) is 24.3 Å². The number of nitrogens with two attached hydrogens (primary N) is 1. The number of benzene rings is 1. The van der Waals surface area contributed by atoms with E-state index in [1.54, 1.807) is 30.3 Å². The summed E-state index contributed by atoms with van der Waals surface area (Å²) in [7, 11) is 0. The average molecular weight is 221 g/mol. The van der Waals surface area contributed by atoms with Gasteiger partial charge in [0.25, 0.3) is 0 Å². The van der Waals surface area contributed by atoms with Crippen molar-refractivity contribution in [2.24, 2.45) is 5.73 Å². The minimum atomic E-state index is -0.900. The number of carbonyl (C=O) groups excluding carboxylic acids is 3. The zero-order valence-electron chi connectivity index (χ0n) is 8.40. The van der Waals surface area contributed by atoms with Crippen molar-refractivity contribution in [1.29, 1.82) is 0 Å². The quantitative estimate of drug-likeness (QED) is 0.584. The van der Waals surface area contributed by atoms with Crippen LogP contribution < -0.4 is 16.4 Å². The van der Waals surface area contributed by atoms with Gasteiger partial charge in [-0.15, -0.1) is 0 Å². The lowest BCUT2D eigenvalue weighted by atomic mass is 10.3. The van der Waals surface area contributed by atoms with Gasteiger partial charge in [-0.05, 0) is 12.1 Å². The molecule has 0 saturated carbocycles. The number of anilines is 1. The lowest BCUT2D eigenvalue weighted by Crippen LogP contribution is -2.40. The first-order valence-electron chi connectivity index (χ1n) is 4.52. The van der Waals surface area contributed by atoms with Gasteiger partial charge in [-0.2, -0.15) is 0 Å². The maximum absolute atomic E-state index is 11.2. The molecule has 0 atom stereocenters. The molecule has 3 amide bonds. The number of rotatable bonds is 3. The molecule has 4 N–H and O–H groups in total. The molecule has 0 spiro atoms. The van der Waals surface area contributed by atoms with Crippen LogP contribution in [-0.2, 0) is 14.4 Å². The van der Waals surface area contributed by atoms with E-state index in [9.17, 15) is 14.4 Å². The molecular weight excluding hydrogens is 210 g/mol. The highest BCUT2D eigenvalue weighted by Crippen LogP contribution is 2.03. The van der Waals surface area contributed by atoms with Crippen molar-refractivity contribution in [1.82, 2.24) is 5.32 Å². The van der Waals surface area contributed by atoms with Gasteiger partial charge >= 0.3 is 11.8 Å². The summed E-state index contributed by atoms with van der Waals surface area (Å²) in [5, 5.41) is 4.44. The number of carbonyl (C=O) groups is 3. The summed E-state index contributed by atoms with van der Waals surface area (Å²) in [4.78, 5) is 32.7. The third-order valence-corrected chi connectivity index (χ3v) is 1.66. The number of primary amides is 1. The molecule has 0 unspecified atom stereocenters. The van der Waals surface area contributed by atoms with Crippen molar-refractivity contribution < 1.29 is 14.4 Å². The Morgan fingerprint density at radius 2 is 1.69 bits per heavy atom. The second-order valence-electron chi connectivity index (χ2n) is 2.97. The predicted molar refractivity (Wildman–Crippen MR) is 57.3 cm³/mol. The van der Waals surface area contributed by atoms with Crippen LogP contribution in [0.3, 0.4) is 0 Å². The Morgan fingerprint density at radius 1 is 1.06 bits per heavy atom. The minimum Gasteiger partial charge on any atom is -0.368 e. The molecular formula is C10H11N3O3. The molecule has 1 aromatic carbocycles. The molecule has 0 aliphatic heterocycles. The van der Waals surface area contributed by atoms with Gasteiger partial charge in [0, 0.05) is 5.69 Å². The Labute approximate surface area is 91.8 Å². The topological polar surface area (TPSA) is 101 Å². The van der Waals surface area contributed by atoms with E-state index in [4.69, 9.17) is 5.73 Å². The van der Waals surface area contributed by atoms with Crippen molar-refractivity contribution in [2.75, 3.05) is 11.9 Å². The summed E-state index contributed by atoms with van der Waals surface area (Å²) in [5.41, 5.74) is 5.31. The molecule has 0 radical (unpaired) electrons. The summed E-state index contributed by atoms with van der Waals surface area (Å²) in [5.74, 6) is -2.45. The van der Waals surface area contributed by atoms with E-state index in [1.807, 2.05) is 0 Å². The molecule has 1 aromatic rings. The van der Waals surface area contributed by atoms with Gasteiger partial charge in [0.15, 0.2) is 0 Å². The fourth-order valence-electron chi connectivity index (χ4n) is 0.957. The van der Waals surface area contributed by atoms with Gasteiger partial charge in [0.05, 0.1) is 6.54 Å². The zero-order valence-corrected chi connectivity index (χ0v) is 8.40. The van der Waals surface area contributed by atoms with E-state index in [2.05, 4.69) is 10.6 Å². The maximum Gasteiger partial charge on any atom is 0.313 e. The molecule has 0 fully saturated rings.